The molecule has 0 aliphatic heterocycles. The van der Waals surface area contributed by atoms with E-state index in [0.717, 1.165) is 25.7 Å². The fourth-order valence-electron chi connectivity index (χ4n) is 3.46. The first-order valence-electron chi connectivity index (χ1n) is 8.33. The number of aryl methyl sites for hydroxylation is 1. The van der Waals surface area contributed by atoms with Crippen LogP contribution in [0.15, 0.2) is 24.3 Å². The number of hydrogen-bond donors (Lipinski definition) is 2. The number of carboxylic acid groups (broad SMARTS) is 1. The molecular weight excluding hydrogens is 274 g/mol. The first-order valence-corrected chi connectivity index (χ1v) is 8.33. The van der Waals surface area contributed by atoms with Crippen molar-refractivity contribution in [1.29, 1.82) is 0 Å². The molecule has 0 spiro atoms. The molecule has 0 heterocycles. The third kappa shape index (κ3) is 4.10. The molecule has 0 amide bonds. The van der Waals surface area contributed by atoms with Crippen LogP contribution in [0.2, 0.25) is 0 Å². The smallest absolute Gasteiger partial charge is 0.306 e. The van der Waals surface area contributed by atoms with Crippen LogP contribution in [0.3, 0.4) is 0 Å². The molecule has 1 atom stereocenters. The van der Waals surface area contributed by atoms with Crippen LogP contribution in [0.1, 0.15) is 63.6 Å². The Morgan fingerprint density at radius 2 is 1.77 bits per heavy atom. The minimum atomic E-state index is -0.635. The molecule has 1 aliphatic rings. The highest BCUT2D eigenvalue weighted by molar-refractivity contribution is 5.70. The first kappa shape index (κ1) is 17.0. The molecule has 2 rings (SSSR count). The maximum atomic E-state index is 11.1. The SMILES string of the molecule is Cc1ccccc1C(NC1CCC(C(=O)O)CC1)C(C)(C)C. The molecule has 0 saturated heterocycles. The molecule has 0 bridgehead atoms. The van der Waals surface area contributed by atoms with Crippen molar-refractivity contribution in [3.63, 3.8) is 0 Å². The predicted octanol–water partition coefficient (Wildman–Crippen LogP) is 4.32. The Morgan fingerprint density at radius 1 is 1.18 bits per heavy atom. The van der Waals surface area contributed by atoms with Gasteiger partial charge in [-0.1, -0.05) is 45.0 Å². The van der Waals surface area contributed by atoms with Gasteiger partial charge in [-0.15, -0.1) is 0 Å². The van der Waals surface area contributed by atoms with Crippen LogP contribution in [-0.4, -0.2) is 17.1 Å². The molecule has 1 aromatic rings. The third-order valence-corrected chi connectivity index (χ3v) is 4.84. The molecule has 2 N–H and O–H groups in total. The van der Waals surface area contributed by atoms with Crippen molar-refractivity contribution in [2.24, 2.45) is 11.3 Å². The van der Waals surface area contributed by atoms with E-state index in [1.54, 1.807) is 0 Å². The Hall–Kier alpha value is -1.35. The zero-order valence-electron chi connectivity index (χ0n) is 14.2. The number of hydrogen-bond acceptors (Lipinski definition) is 2. The Morgan fingerprint density at radius 3 is 2.27 bits per heavy atom. The van der Waals surface area contributed by atoms with Crippen LogP contribution in [0, 0.1) is 18.3 Å². The van der Waals surface area contributed by atoms with Gasteiger partial charge < -0.3 is 10.4 Å². The van der Waals surface area contributed by atoms with Crippen molar-refractivity contribution < 1.29 is 9.90 Å². The minimum Gasteiger partial charge on any atom is -0.481 e. The minimum absolute atomic E-state index is 0.121. The standard InChI is InChI=1S/C19H29NO2/c1-13-7-5-6-8-16(13)17(19(2,3)4)20-15-11-9-14(10-12-15)18(21)22/h5-8,14-15,17,20H,9-12H2,1-4H3,(H,21,22). The van der Waals surface area contributed by atoms with E-state index in [-0.39, 0.29) is 11.3 Å². The highest BCUT2D eigenvalue weighted by Gasteiger charge is 2.32. The molecule has 3 heteroatoms. The van der Waals surface area contributed by atoms with E-state index in [4.69, 9.17) is 5.11 Å². The molecule has 0 radical (unpaired) electrons. The summed E-state index contributed by atoms with van der Waals surface area (Å²) in [5.41, 5.74) is 2.79. The van der Waals surface area contributed by atoms with Crippen molar-refractivity contribution in [1.82, 2.24) is 5.32 Å². The van der Waals surface area contributed by atoms with E-state index in [2.05, 4.69) is 57.3 Å². The van der Waals surface area contributed by atoms with Gasteiger partial charge in [-0.05, 0) is 49.1 Å². The summed E-state index contributed by atoms with van der Waals surface area (Å²) in [7, 11) is 0. The summed E-state index contributed by atoms with van der Waals surface area (Å²) in [4.78, 5) is 11.1. The quantitative estimate of drug-likeness (QED) is 0.871. The first-order chi connectivity index (χ1) is 10.3. The van der Waals surface area contributed by atoms with E-state index in [0.29, 0.717) is 12.1 Å². The van der Waals surface area contributed by atoms with Crippen LogP contribution >= 0.6 is 0 Å². The monoisotopic (exact) mass is 303 g/mol. The zero-order valence-corrected chi connectivity index (χ0v) is 14.2. The summed E-state index contributed by atoms with van der Waals surface area (Å²) < 4.78 is 0. The highest BCUT2D eigenvalue weighted by atomic mass is 16.4. The summed E-state index contributed by atoms with van der Waals surface area (Å²) in [5.74, 6) is -0.783. The van der Waals surface area contributed by atoms with Crippen molar-refractivity contribution >= 4 is 5.97 Å². The maximum Gasteiger partial charge on any atom is 0.306 e. The van der Waals surface area contributed by atoms with E-state index < -0.39 is 5.97 Å². The number of nitrogens with one attached hydrogen (secondary N) is 1. The largest absolute Gasteiger partial charge is 0.481 e. The number of carboxylic acids is 1. The van der Waals surface area contributed by atoms with E-state index in [9.17, 15) is 4.79 Å². The lowest BCUT2D eigenvalue weighted by molar-refractivity contribution is -0.142. The Kier molecular flexibility index (Phi) is 5.28. The van der Waals surface area contributed by atoms with Gasteiger partial charge in [0, 0.05) is 12.1 Å². The van der Waals surface area contributed by atoms with E-state index in [1.807, 2.05) is 0 Å². The summed E-state index contributed by atoms with van der Waals surface area (Å²) in [6, 6.07) is 9.26. The van der Waals surface area contributed by atoms with Gasteiger partial charge >= 0.3 is 5.97 Å². The molecule has 1 aliphatic carbocycles. The lowest BCUT2D eigenvalue weighted by atomic mass is 9.79. The van der Waals surface area contributed by atoms with Gasteiger partial charge in [0.05, 0.1) is 5.92 Å². The van der Waals surface area contributed by atoms with Gasteiger partial charge in [0.15, 0.2) is 0 Å². The summed E-state index contributed by atoms with van der Waals surface area (Å²) >= 11 is 0. The number of rotatable bonds is 4. The Balaban J connectivity index is 2.10. The number of aliphatic carboxylic acids is 1. The molecule has 0 aromatic heterocycles. The van der Waals surface area contributed by atoms with E-state index in [1.165, 1.54) is 11.1 Å². The summed E-state index contributed by atoms with van der Waals surface area (Å²) in [6.07, 6.45) is 3.49. The van der Waals surface area contributed by atoms with Crippen LogP contribution in [-0.2, 0) is 4.79 Å². The highest BCUT2D eigenvalue weighted by Crippen LogP contribution is 2.36. The molecule has 122 valence electrons. The molecular formula is C19H29NO2. The van der Waals surface area contributed by atoms with Gasteiger partial charge in [-0.2, -0.15) is 0 Å². The number of benzene rings is 1. The molecule has 1 aromatic carbocycles. The predicted molar refractivity (Wildman–Crippen MR) is 89.9 cm³/mol. The summed E-state index contributed by atoms with van der Waals surface area (Å²) in [5, 5.41) is 12.9. The molecule has 3 nitrogen and oxygen atoms in total. The van der Waals surface area contributed by atoms with Crippen LogP contribution in [0.4, 0.5) is 0 Å². The second kappa shape index (κ2) is 6.82. The van der Waals surface area contributed by atoms with Crippen LogP contribution in [0.5, 0.6) is 0 Å². The third-order valence-electron chi connectivity index (χ3n) is 4.84. The average molecular weight is 303 g/mol. The Labute approximate surface area is 134 Å². The topological polar surface area (TPSA) is 49.3 Å². The van der Waals surface area contributed by atoms with Crippen molar-refractivity contribution in [2.75, 3.05) is 0 Å². The molecule has 1 fully saturated rings. The normalized spacial score (nSPS) is 24.0. The average Bonchev–Trinajstić information content (AvgIpc) is 2.45. The van der Waals surface area contributed by atoms with Gasteiger partial charge in [-0.25, -0.2) is 0 Å². The molecule has 22 heavy (non-hydrogen) atoms. The van der Waals surface area contributed by atoms with Gasteiger partial charge in [0.1, 0.15) is 0 Å². The fraction of sp³-hybridized carbons (Fsp3) is 0.632. The van der Waals surface area contributed by atoms with Crippen molar-refractivity contribution in [3.8, 4) is 0 Å². The fourth-order valence-corrected chi connectivity index (χ4v) is 3.46. The van der Waals surface area contributed by atoms with Crippen molar-refractivity contribution in [3.05, 3.63) is 35.4 Å². The van der Waals surface area contributed by atoms with Gasteiger partial charge in [0.2, 0.25) is 0 Å². The number of carbonyl (C=O) groups is 1. The second-order valence-electron chi connectivity index (χ2n) is 7.71. The van der Waals surface area contributed by atoms with Gasteiger partial charge in [0.25, 0.3) is 0 Å². The maximum absolute atomic E-state index is 11.1. The van der Waals surface area contributed by atoms with Crippen LogP contribution < -0.4 is 5.32 Å². The van der Waals surface area contributed by atoms with Crippen molar-refractivity contribution in [2.45, 2.75) is 65.5 Å². The second-order valence-corrected chi connectivity index (χ2v) is 7.71. The summed E-state index contributed by atoms with van der Waals surface area (Å²) in [6.45, 7) is 8.96. The molecule has 1 unspecified atom stereocenters. The zero-order chi connectivity index (χ0) is 16.3. The van der Waals surface area contributed by atoms with E-state index >= 15 is 0 Å². The van der Waals surface area contributed by atoms with Crippen LogP contribution in [0.25, 0.3) is 0 Å². The van der Waals surface area contributed by atoms with Gasteiger partial charge in [-0.3, -0.25) is 4.79 Å². The lowest BCUT2D eigenvalue weighted by Crippen LogP contribution is -2.42. The molecule has 1 saturated carbocycles. The lowest BCUT2D eigenvalue weighted by Gasteiger charge is -2.38. The Bertz CT molecular complexity index is 510.